The van der Waals surface area contributed by atoms with Gasteiger partial charge in [-0.2, -0.15) is 0 Å². The molecule has 1 atom stereocenters. The van der Waals surface area contributed by atoms with E-state index in [1.165, 1.54) is 11.3 Å². The number of benzene rings is 2. The molecular weight excluding hydrogens is 537 g/mol. The summed E-state index contributed by atoms with van der Waals surface area (Å²) in [5, 5.41) is 6.45. The minimum Gasteiger partial charge on any atom is -0.354 e. The summed E-state index contributed by atoms with van der Waals surface area (Å²) in [5.41, 5.74) is -0.674. The van der Waals surface area contributed by atoms with Crippen molar-refractivity contribution in [3.8, 4) is 0 Å². The van der Waals surface area contributed by atoms with Crippen molar-refractivity contribution in [2.24, 2.45) is 11.3 Å². The second-order valence-corrected chi connectivity index (χ2v) is 13.3. The molecule has 3 rings (SSSR count). The number of hydrogen-bond donors (Lipinski definition) is 3. The van der Waals surface area contributed by atoms with Crippen LogP contribution in [0, 0.1) is 17.2 Å². The van der Waals surface area contributed by atoms with Gasteiger partial charge in [-0.05, 0) is 53.5 Å². The molecule has 0 saturated carbocycles. The molecule has 2 aromatic carbocycles. The van der Waals surface area contributed by atoms with E-state index >= 15 is 0 Å². The minimum atomic E-state index is -3.99. The minimum absolute atomic E-state index is 0.00763. The number of carbonyl (C=O) groups is 2. The van der Waals surface area contributed by atoms with Crippen molar-refractivity contribution in [3.05, 3.63) is 64.2 Å². The SMILES string of the molecule is CC(C)C[C@H](NC(=O)c1cc2ccccc2s1)C(=O)NCC(C)(C)CNS(=O)(=O)c1ccc(F)cc1Cl. The van der Waals surface area contributed by atoms with Crippen molar-refractivity contribution in [1.29, 1.82) is 0 Å². The summed E-state index contributed by atoms with van der Waals surface area (Å²) in [6.45, 7) is 7.64. The Morgan fingerprint density at radius 3 is 2.43 bits per heavy atom. The highest BCUT2D eigenvalue weighted by Crippen LogP contribution is 2.26. The van der Waals surface area contributed by atoms with Crippen molar-refractivity contribution >= 4 is 54.9 Å². The van der Waals surface area contributed by atoms with Crippen molar-refractivity contribution in [1.82, 2.24) is 15.4 Å². The molecule has 0 spiro atoms. The zero-order chi connectivity index (χ0) is 27.4. The molecule has 1 heterocycles. The molecule has 0 aliphatic carbocycles. The number of amides is 2. The first-order chi connectivity index (χ1) is 17.3. The fourth-order valence-corrected chi connectivity index (χ4v) is 6.34. The summed E-state index contributed by atoms with van der Waals surface area (Å²) >= 11 is 7.27. The standard InChI is InChI=1S/C26H31ClFN3O4S2/c1-16(2)11-20(31-25(33)22-12-17-7-5-6-8-21(17)36-22)24(32)29-14-26(3,4)15-30-37(34,35)23-10-9-18(28)13-19(23)27/h5-10,12-13,16,20,30H,11,14-15H2,1-4H3,(H,29,32)(H,31,33)/t20-/m0/s1. The fraction of sp³-hybridized carbons (Fsp3) is 0.385. The lowest BCUT2D eigenvalue weighted by atomic mass is 9.93. The third kappa shape index (κ3) is 7.98. The topological polar surface area (TPSA) is 104 Å². The van der Waals surface area contributed by atoms with Crippen LogP contribution < -0.4 is 15.4 Å². The van der Waals surface area contributed by atoms with Gasteiger partial charge in [-0.25, -0.2) is 17.5 Å². The largest absolute Gasteiger partial charge is 0.354 e. The average molecular weight is 568 g/mol. The van der Waals surface area contributed by atoms with E-state index in [-0.39, 0.29) is 40.7 Å². The molecule has 0 saturated heterocycles. The average Bonchev–Trinajstić information content (AvgIpc) is 3.25. The van der Waals surface area contributed by atoms with Crippen molar-refractivity contribution in [2.45, 2.75) is 45.1 Å². The lowest BCUT2D eigenvalue weighted by Crippen LogP contribution is -2.50. The highest BCUT2D eigenvalue weighted by molar-refractivity contribution is 7.89. The van der Waals surface area contributed by atoms with Gasteiger partial charge in [0, 0.05) is 17.8 Å². The number of hydrogen-bond acceptors (Lipinski definition) is 5. The maximum atomic E-state index is 13.3. The van der Waals surface area contributed by atoms with Gasteiger partial charge in [-0.1, -0.05) is 57.5 Å². The zero-order valence-corrected chi connectivity index (χ0v) is 23.5. The Morgan fingerprint density at radius 2 is 1.78 bits per heavy atom. The van der Waals surface area contributed by atoms with E-state index in [1.807, 2.05) is 44.2 Å². The normalized spacial score (nSPS) is 13.1. The summed E-state index contributed by atoms with van der Waals surface area (Å²) in [6, 6.07) is 11.8. The van der Waals surface area contributed by atoms with E-state index in [1.54, 1.807) is 13.8 Å². The monoisotopic (exact) mass is 567 g/mol. The van der Waals surface area contributed by atoms with Crippen molar-refractivity contribution in [2.75, 3.05) is 13.1 Å². The third-order valence-electron chi connectivity index (χ3n) is 5.64. The first-order valence-electron chi connectivity index (χ1n) is 11.8. The molecule has 11 heteroatoms. The number of fused-ring (bicyclic) bond motifs is 1. The number of sulfonamides is 1. The van der Waals surface area contributed by atoms with Crippen molar-refractivity contribution in [3.63, 3.8) is 0 Å². The molecule has 0 fully saturated rings. The molecule has 3 N–H and O–H groups in total. The molecule has 0 aliphatic heterocycles. The first kappa shape index (κ1) is 29.0. The molecule has 2 amide bonds. The van der Waals surface area contributed by atoms with Gasteiger partial charge in [0.1, 0.15) is 16.8 Å². The summed E-state index contributed by atoms with van der Waals surface area (Å²) in [4.78, 5) is 26.3. The number of nitrogens with one attached hydrogen (secondary N) is 3. The van der Waals surface area contributed by atoms with Gasteiger partial charge < -0.3 is 10.6 Å². The third-order valence-corrected chi connectivity index (χ3v) is 8.64. The summed E-state index contributed by atoms with van der Waals surface area (Å²) in [6.07, 6.45) is 0.443. The van der Waals surface area contributed by atoms with Crippen LogP contribution in [0.1, 0.15) is 43.8 Å². The maximum absolute atomic E-state index is 13.3. The van der Waals surface area contributed by atoms with Crippen LogP contribution in [-0.2, 0) is 14.8 Å². The fourth-order valence-electron chi connectivity index (χ4n) is 3.60. The van der Waals surface area contributed by atoms with Crippen LogP contribution in [0.2, 0.25) is 5.02 Å². The highest BCUT2D eigenvalue weighted by Gasteiger charge is 2.28. The van der Waals surface area contributed by atoms with Crippen LogP contribution in [-0.4, -0.2) is 39.4 Å². The molecule has 0 aliphatic rings. The Morgan fingerprint density at radius 1 is 1.08 bits per heavy atom. The van der Waals surface area contributed by atoms with E-state index in [0.29, 0.717) is 11.3 Å². The van der Waals surface area contributed by atoms with E-state index in [2.05, 4.69) is 15.4 Å². The molecule has 0 unspecified atom stereocenters. The van der Waals surface area contributed by atoms with Crippen LogP contribution in [0.5, 0.6) is 0 Å². The smallest absolute Gasteiger partial charge is 0.262 e. The number of carbonyl (C=O) groups excluding carboxylic acids is 2. The summed E-state index contributed by atoms with van der Waals surface area (Å²) < 4.78 is 42.0. The van der Waals surface area contributed by atoms with Gasteiger partial charge in [0.15, 0.2) is 0 Å². The van der Waals surface area contributed by atoms with Crippen LogP contribution in [0.25, 0.3) is 10.1 Å². The Hall–Kier alpha value is -2.53. The highest BCUT2D eigenvalue weighted by atomic mass is 35.5. The maximum Gasteiger partial charge on any atom is 0.262 e. The molecule has 37 heavy (non-hydrogen) atoms. The molecule has 0 bridgehead atoms. The summed E-state index contributed by atoms with van der Waals surface area (Å²) in [5.74, 6) is -1.15. The lowest BCUT2D eigenvalue weighted by molar-refractivity contribution is -0.123. The predicted molar refractivity (Wildman–Crippen MR) is 146 cm³/mol. The zero-order valence-electron chi connectivity index (χ0n) is 21.1. The van der Waals surface area contributed by atoms with Crippen LogP contribution >= 0.6 is 22.9 Å². The Kier molecular flexibility index (Phi) is 9.33. The molecule has 200 valence electrons. The molecule has 0 radical (unpaired) electrons. The number of thiophene rings is 1. The van der Waals surface area contributed by atoms with E-state index in [9.17, 15) is 22.4 Å². The Labute approximate surface area is 225 Å². The van der Waals surface area contributed by atoms with Gasteiger partial charge in [0.2, 0.25) is 15.9 Å². The second kappa shape index (κ2) is 11.9. The number of halogens is 2. The second-order valence-electron chi connectivity index (χ2n) is 10.1. The van der Waals surface area contributed by atoms with Gasteiger partial charge in [-0.15, -0.1) is 11.3 Å². The molecular formula is C26H31ClFN3O4S2. The van der Waals surface area contributed by atoms with Gasteiger partial charge in [0.25, 0.3) is 5.91 Å². The van der Waals surface area contributed by atoms with Crippen LogP contribution in [0.15, 0.2) is 53.4 Å². The van der Waals surface area contributed by atoms with Crippen molar-refractivity contribution < 1.29 is 22.4 Å². The Balaban J connectivity index is 1.61. The molecule has 1 aromatic heterocycles. The Bertz CT molecular complexity index is 1360. The quantitative estimate of drug-likeness (QED) is 0.305. The predicted octanol–water partition coefficient (Wildman–Crippen LogP) is 4.96. The van der Waals surface area contributed by atoms with Gasteiger partial charge >= 0.3 is 0 Å². The van der Waals surface area contributed by atoms with Crippen LogP contribution in [0.3, 0.4) is 0 Å². The van der Waals surface area contributed by atoms with Gasteiger partial charge in [-0.3, -0.25) is 9.59 Å². The van der Waals surface area contributed by atoms with E-state index < -0.39 is 27.3 Å². The van der Waals surface area contributed by atoms with E-state index in [4.69, 9.17) is 11.6 Å². The van der Waals surface area contributed by atoms with Gasteiger partial charge in [0.05, 0.1) is 9.90 Å². The first-order valence-corrected chi connectivity index (χ1v) is 14.5. The number of rotatable bonds is 11. The molecule has 3 aromatic rings. The molecule has 7 nitrogen and oxygen atoms in total. The van der Waals surface area contributed by atoms with E-state index in [0.717, 1.165) is 28.3 Å². The lowest BCUT2D eigenvalue weighted by Gasteiger charge is -2.27. The van der Waals surface area contributed by atoms with Crippen LogP contribution in [0.4, 0.5) is 4.39 Å². The summed E-state index contributed by atoms with van der Waals surface area (Å²) in [7, 11) is -3.99.